The minimum atomic E-state index is -1.59. The first-order valence-corrected chi connectivity index (χ1v) is 14.2. The lowest BCUT2D eigenvalue weighted by atomic mass is 9.84. The van der Waals surface area contributed by atoms with E-state index in [-0.39, 0.29) is 13.0 Å². The number of hydrogen-bond donors (Lipinski definition) is 12. The van der Waals surface area contributed by atoms with Crippen molar-refractivity contribution >= 4 is 0 Å². The third-order valence-electron chi connectivity index (χ3n) is 8.54. The largest absolute Gasteiger partial charge is 0.394 e. The summed E-state index contributed by atoms with van der Waals surface area (Å²) in [6, 6.07) is -4.07. The molecule has 0 spiro atoms. The van der Waals surface area contributed by atoms with Crippen molar-refractivity contribution in [2.24, 2.45) is 28.7 Å². The highest BCUT2D eigenvalue weighted by atomic mass is 16.8. The van der Waals surface area contributed by atoms with Crippen molar-refractivity contribution in [3.8, 4) is 0 Å². The molecule has 3 aliphatic heterocycles. The highest BCUT2D eigenvalue weighted by Gasteiger charge is 2.54. The molecular weight excluding hydrogens is 566 g/mol. The highest BCUT2D eigenvalue weighted by Crippen LogP contribution is 2.34. The van der Waals surface area contributed by atoms with E-state index in [1.165, 1.54) is 0 Å². The Balaban J connectivity index is 1.50. The summed E-state index contributed by atoms with van der Waals surface area (Å²) >= 11 is 0. The molecule has 0 radical (unpaired) electrons. The molecular formula is C24H47N5O13. The fourth-order valence-corrected chi connectivity index (χ4v) is 5.89. The van der Waals surface area contributed by atoms with Crippen molar-refractivity contribution in [1.82, 2.24) is 0 Å². The van der Waals surface area contributed by atoms with Gasteiger partial charge in [0.05, 0.1) is 30.9 Å². The van der Waals surface area contributed by atoms with Crippen LogP contribution in [0, 0.1) is 0 Å². The minimum absolute atomic E-state index is 0.114. The topological polar surface area (TPSA) is 327 Å². The Morgan fingerprint density at radius 2 is 1.10 bits per heavy atom. The molecule has 18 nitrogen and oxygen atoms in total. The molecule has 0 aromatic carbocycles. The van der Waals surface area contributed by atoms with E-state index in [2.05, 4.69) is 0 Å². The van der Waals surface area contributed by atoms with Gasteiger partial charge in [-0.25, -0.2) is 0 Å². The molecule has 0 bridgehead atoms. The van der Waals surface area contributed by atoms with E-state index in [9.17, 15) is 35.7 Å². The van der Waals surface area contributed by atoms with Gasteiger partial charge in [0.2, 0.25) is 0 Å². The van der Waals surface area contributed by atoms with E-state index in [1.54, 1.807) is 6.92 Å². The molecule has 4 rings (SSSR count). The minimum Gasteiger partial charge on any atom is -0.394 e. The van der Waals surface area contributed by atoms with Gasteiger partial charge in [0.1, 0.15) is 61.0 Å². The van der Waals surface area contributed by atoms with Gasteiger partial charge >= 0.3 is 0 Å². The SMILES string of the molecule is CC[C@H]1O[C@H](OC2[C@@H](N)C[C@@H](N)[C@H](O)[C@H]2OC2O[C@H](CO)[C@@H](OC3O[C@H](CN)[C@@H](O)[C@H](O)[C@H]3N)[C@H]2O)[C@H](N)[C@@H](O)[C@@H]1O. The number of rotatable bonds is 9. The second kappa shape index (κ2) is 14.1. The summed E-state index contributed by atoms with van der Waals surface area (Å²) in [5.41, 5.74) is 30.1. The predicted molar refractivity (Wildman–Crippen MR) is 140 cm³/mol. The Labute approximate surface area is 242 Å². The summed E-state index contributed by atoms with van der Waals surface area (Å²) in [6.45, 7) is 0.952. The Morgan fingerprint density at radius 3 is 1.64 bits per heavy atom. The molecule has 17 N–H and O–H groups in total. The summed E-state index contributed by atoms with van der Waals surface area (Å²) in [4.78, 5) is 0. The monoisotopic (exact) mass is 613 g/mol. The normalized spacial score (nSPS) is 53.8. The van der Waals surface area contributed by atoms with Crippen LogP contribution in [-0.4, -0.2) is 165 Å². The molecule has 246 valence electrons. The van der Waals surface area contributed by atoms with Crippen molar-refractivity contribution in [3.63, 3.8) is 0 Å². The molecule has 3 heterocycles. The molecule has 0 amide bonds. The van der Waals surface area contributed by atoms with E-state index in [0.29, 0.717) is 6.42 Å². The number of ether oxygens (including phenoxy) is 6. The maximum Gasteiger partial charge on any atom is 0.187 e. The average molecular weight is 614 g/mol. The van der Waals surface area contributed by atoms with Gasteiger partial charge in [0, 0.05) is 18.6 Å². The lowest BCUT2D eigenvalue weighted by Gasteiger charge is -2.47. The van der Waals surface area contributed by atoms with Crippen molar-refractivity contribution in [2.75, 3.05) is 13.2 Å². The Kier molecular flexibility index (Phi) is 11.5. The molecule has 0 aromatic heterocycles. The standard InChI is InChI=1S/C24H47N5O13/c1-2-8-14(32)16(34)11(28)22(37-8)40-19-7(27)3-6(26)13(31)21(19)42-24-18(36)20(10(5-30)39-24)41-23-12(29)17(35)15(33)9(4-25)38-23/h6-24,30-36H,2-5,25-29H2,1H3/t6-,7+,8-,9-,10-,11-,12-,13+,14-,15-,16-,17-,18-,19?,20-,21-,22-,23?,24?/m1/s1. The summed E-state index contributed by atoms with van der Waals surface area (Å²) in [5, 5.41) is 73.2. The highest BCUT2D eigenvalue weighted by molar-refractivity contribution is 5.02. The fourth-order valence-electron chi connectivity index (χ4n) is 5.89. The third-order valence-corrected chi connectivity index (χ3v) is 8.54. The summed E-state index contributed by atoms with van der Waals surface area (Å²) in [7, 11) is 0. The van der Waals surface area contributed by atoms with Gasteiger partial charge in [-0.3, -0.25) is 0 Å². The van der Waals surface area contributed by atoms with Gasteiger partial charge in [-0.2, -0.15) is 0 Å². The predicted octanol–water partition coefficient (Wildman–Crippen LogP) is -7.44. The first-order chi connectivity index (χ1) is 19.8. The number of aliphatic hydroxyl groups excluding tert-OH is 7. The summed E-state index contributed by atoms with van der Waals surface area (Å²) in [5.74, 6) is 0. The Morgan fingerprint density at radius 1 is 0.595 bits per heavy atom. The van der Waals surface area contributed by atoms with Crippen molar-refractivity contribution in [2.45, 2.75) is 136 Å². The van der Waals surface area contributed by atoms with E-state index in [1.807, 2.05) is 0 Å². The molecule has 42 heavy (non-hydrogen) atoms. The molecule has 4 fully saturated rings. The second-order valence-corrected chi connectivity index (χ2v) is 11.4. The van der Waals surface area contributed by atoms with Crippen LogP contribution >= 0.6 is 0 Å². The first kappa shape index (κ1) is 34.2. The van der Waals surface area contributed by atoms with E-state index in [4.69, 9.17) is 57.1 Å². The zero-order valence-corrected chi connectivity index (χ0v) is 23.3. The molecule has 1 saturated carbocycles. The van der Waals surface area contributed by atoms with Crippen molar-refractivity contribution in [3.05, 3.63) is 0 Å². The van der Waals surface area contributed by atoms with Gasteiger partial charge in [-0.15, -0.1) is 0 Å². The zero-order valence-electron chi connectivity index (χ0n) is 23.3. The van der Waals surface area contributed by atoms with Gasteiger partial charge in [-0.05, 0) is 12.8 Å². The Bertz CT molecular complexity index is 866. The average Bonchev–Trinajstić information content (AvgIpc) is 3.27. The maximum absolute atomic E-state index is 11.1. The van der Waals surface area contributed by atoms with E-state index in [0.717, 1.165) is 0 Å². The fraction of sp³-hybridized carbons (Fsp3) is 1.00. The second-order valence-electron chi connectivity index (χ2n) is 11.4. The maximum atomic E-state index is 11.1. The summed E-state index contributed by atoms with van der Waals surface area (Å²) in [6.07, 6.45) is -18.7. The van der Waals surface area contributed by atoms with Crippen molar-refractivity contribution < 1.29 is 64.2 Å². The molecule has 3 unspecified atom stereocenters. The van der Waals surface area contributed by atoms with Crippen LogP contribution in [-0.2, 0) is 28.4 Å². The van der Waals surface area contributed by atoms with Crippen LogP contribution in [0.1, 0.15) is 19.8 Å². The third kappa shape index (κ3) is 6.62. The number of hydrogen-bond acceptors (Lipinski definition) is 18. The van der Waals surface area contributed by atoms with Crippen LogP contribution in [0.3, 0.4) is 0 Å². The van der Waals surface area contributed by atoms with Gasteiger partial charge in [0.15, 0.2) is 18.9 Å². The smallest absolute Gasteiger partial charge is 0.187 e. The van der Waals surface area contributed by atoms with Crippen LogP contribution in [0.2, 0.25) is 0 Å². The van der Waals surface area contributed by atoms with Gasteiger partial charge in [-0.1, -0.05) is 6.92 Å². The van der Waals surface area contributed by atoms with Crippen LogP contribution < -0.4 is 28.7 Å². The summed E-state index contributed by atoms with van der Waals surface area (Å²) < 4.78 is 34.9. The van der Waals surface area contributed by atoms with Gasteiger partial charge in [0.25, 0.3) is 0 Å². The molecule has 0 aromatic rings. The first-order valence-electron chi connectivity index (χ1n) is 14.2. The molecule has 4 aliphatic rings. The lowest BCUT2D eigenvalue weighted by Crippen LogP contribution is -2.67. The zero-order chi connectivity index (χ0) is 31.0. The molecule has 19 atom stereocenters. The van der Waals surface area contributed by atoms with Crippen LogP contribution in [0.25, 0.3) is 0 Å². The van der Waals surface area contributed by atoms with Crippen LogP contribution in [0.4, 0.5) is 0 Å². The van der Waals surface area contributed by atoms with E-state index >= 15 is 0 Å². The molecule has 1 aliphatic carbocycles. The number of nitrogens with two attached hydrogens (primary N) is 5. The van der Waals surface area contributed by atoms with E-state index < -0.39 is 123 Å². The van der Waals surface area contributed by atoms with Gasteiger partial charge < -0.3 is 92.8 Å². The van der Waals surface area contributed by atoms with Crippen LogP contribution in [0.5, 0.6) is 0 Å². The number of aliphatic hydroxyl groups is 7. The molecule has 3 saturated heterocycles. The van der Waals surface area contributed by atoms with Crippen LogP contribution in [0.15, 0.2) is 0 Å². The Hall–Kier alpha value is -0.720. The molecule has 18 heteroatoms. The lowest BCUT2D eigenvalue weighted by molar-refractivity contribution is -0.308. The quantitative estimate of drug-likeness (QED) is 0.115. The van der Waals surface area contributed by atoms with Crippen molar-refractivity contribution in [1.29, 1.82) is 0 Å².